The van der Waals surface area contributed by atoms with Crippen LogP contribution in [0.5, 0.6) is 0 Å². The summed E-state index contributed by atoms with van der Waals surface area (Å²) in [6, 6.07) is 3.16. The van der Waals surface area contributed by atoms with Crippen molar-refractivity contribution in [2.45, 2.75) is 31.7 Å². The molecule has 2 aromatic heterocycles. The quantitative estimate of drug-likeness (QED) is 0.768. The van der Waals surface area contributed by atoms with E-state index in [9.17, 15) is 18.4 Å². The molecule has 3 heterocycles. The number of aryl methyl sites for hydroxylation is 1. The number of hydrogen-bond donors (Lipinski definition) is 0. The van der Waals surface area contributed by atoms with Crippen molar-refractivity contribution in [3.63, 3.8) is 0 Å². The van der Waals surface area contributed by atoms with Gasteiger partial charge in [-0.1, -0.05) is 11.6 Å². The Labute approximate surface area is 147 Å². The van der Waals surface area contributed by atoms with Crippen molar-refractivity contribution in [1.29, 1.82) is 0 Å². The summed E-state index contributed by atoms with van der Waals surface area (Å²) in [6.45, 7) is 0.617. The summed E-state index contributed by atoms with van der Waals surface area (Å²) in [5, 5.41) is 0.215. The van der Waals surface area contributed by atoms with Crippen LogP contribution >= 0.6 is 11.6 Å². The molecule has 0 atom stereocenters. The molecule has 0 saturated heterocycles. The van der Waals surface area contributed by atoms with E-state index in [0.717, 1.165) is 5.56 Å². The van der Waals surface area contributed by atoms with Gasteiger partial charge >= 0.3 is 0 Å². The molecule has 0 saturated carbocycles. The first-order chi connectivity index (χ1) is 11.9. The van der Waals surface area contributed by atoms with E-state index in [1.54, 1.807) is 10.6 Å². The normalized spacial score (nSPS) is 18.7. The van der Waals surface area contributed by atoms with Gasteiger partial charge in [0.25, 0.3) is 11.8 Å². The fourth-order valence-corrected chi connectivity index (χ4v) is 3.74. The molecule has 1 aliphatic heterocycles. The molecule has 5 nitrogen and oxygen atoms in total. The summed E-state index contributed by atoms with van der Waals surface area (Å²) in [4.78, 5) is 29.7. The Morgan fingerprint density at radius 1 is 1.32 bits per heavy atom. The van der Waals surface area contributed by atoms with Crippen molar-refractivity contribution in [3.8, 4) is 0 Å². The number of carbonyl (C=O) groups is 2. The molecular formula is C17H14ClF2N3O2. The number of carbonyl (C=O) groups excluding carboxylic acids is 2. The van der Waals surface area contributed by atoms with Gasteiger partial charge in [0.2, 0.25) is 0 Å². The molecule has 0 unspecified atom stereocenters. The van der Waals surface area contributed by atoms with Crippen LogP contribution in [0, 0.1) is 0 Å². The van der Waals surface area contributed by atoms with Crippen molar-refractivity contribution in [1.82, 2.24) is 9.55 Å². The predicted molar refractivity (Wildman–Crippen MR) is 87.7 cm³/mol. The molecule has 0 bridgehead atoms. The van der Waals surface area contributed by atoms with Crippen LogP contribution < -0.4 is 4.90 Å². The molecule has 1 aliphatic carbocycles. The molecule has 0 radical (unpaired) electrons. The van der Waals surface area contributed by atoms with Crippen LogP contribution in [0.15, 0.2) is 18.3 Å². The Kier molecular flexibility index (Phi) is 3.64. The largest absolute Gasteiger partial charge is 0.338 e. The second-order valence-corrected chi connectivity index (χ2v) is 6.70. The zero-order valence-corrected chi connectivity index (χ0v) is 13.9. The van der Waals surface area contributed by atoms with E-state index in [-0.39, 0.29) is 48.1 Å². The van der Waals surface area contributed by atoms with Crippen LogP contribution in [-0.4, -0.2) is 34.2 Å². The number of pyridine rings is 1. The highest BCUT2D eigenvalue weighted by atomic mass is 35.5. The van der Waals surface area contributed by atoms with Crippen LogP contribution in [0.3, 0.4) is 0 Å². The van der Waals surface area contributed by atoms with E-state index >= 15 is 0 Å². The summed E-state index contributed by atoms with van der Waals surface area (Å²) >= 11 is 6.01. The first kappa shape index (κ1) is 16.2. The number of amides is 1. The van der Waals surface area contributed by atoms with Crippen molar-refractivity contribution in [2.24, 2.45) is 0 Å². The third kappa shape index (κ3) is 2.54. The standard InChI is InChI=1S/C17H14ClF2N3O2/c18-12-2-4-21-15(11(12)9-24)23-6-5-22-13(16(23)25)7-10-1-3-17(19,20)8-14(10)22/h2,4,7,9H,1,3,5-6,8H2. The van der Waals surface area contributed by atoms with Gasteiger partial charge in [-0.15, -0.1) is 0 Å². The van der Waals surface area contributed by atoms with Gasteiger partial charge in [0.05, 0.1) is 17.0 Å². The van der Waals surface area contributed by atoms with Gasteiger partial charge in [-0.25, -0.2) is 13.8 Å². The summed E-state index contributed by atoms with van der Waals surface area (Å²) in [5.74, 6) is -2.90. The molecule has 25 heavy (non-hydrogen) atoms. The number of hydrogen-bond acceptors (Lipinski definition) is 3. The SMILES string of the molecule is O=Cc1c(Cl)ccnc1N1CCn2c(cc3c2CC(F)(F)CC3)C1=O. The van der Waals surface area contributed by atoms with Gasteiger partial charge in [-0.2, -0.15) is 0 Å². The third-order valence-electron chi connectivity index (χ3n) is 4.79. The van der Waals surface area contributed by atoms with E-state index in [2.05, 4.69) is 4.98 Å². The number of aromatic nitrogens is 2. The number of anilines is 1. The number of fused-ring (bicyclic) bond motifs is 3. The summed E-state index contributed by atoms with van der Waals surface area (Å²) in [6.07, 6.45) is 1.70. The lowest BCUT2D eigenvalue weighted by atomic mass is 9.94. The summed E-state index contributed by atoms with van der Waals surface area (Å²) in [7, 11) is 0. The highest BCUT2D eigenvalue weighted by Gasteiger charge is 2.39. The van der Waals surface area contributed by atoms with Gasteiger partial charge in [0.15, 0.2) is 6.29 Å². The average molecular weight is 366 g/mol. The van der Waals surface area contributed by atoms with Gasteiger partial charge in [0.1, 0.15) is 11.5 Å². The summed E-state index contributed by atoms with van der Waals surface area (Å²) in [5.41, 5.74) is 1.83. The minimum Gasteiger partial charge on any atom is -0.338 e. The van der Waals surface area contributed by atoms with E-state index in [0.29, 0.717) is 24.2 Å². The third-order valence-corrected chi connectivity index (χ3v) is 5.11. The molecule has 2 aliphatic rings. The highest BCUT2D eigenvalue weighted by Crippen LogP contribution is 2.36. The Bertz CT molecular complexity index is 894. The lowest BCUT2D eigenvalue weighted by Crippen LogP contribution is -2.42. The lowest BCUT2D eigenvalue weighted by Gasteiger charge is -2.30. The Morgan fingerprint density at radius 2 is 2.12 bits per heavy atom. The number of nitrogens with zero attached hydrogens (tertiary/aromatic N) is 3. The second-order valence-electron chi connectivity index (χ2n) is 6.29. The van der Waals surface area contributed by atoms with Gasteiger partial charge in [-0.05, 0) is 24.1 Å². The zero-order valence-electron chi connectivity index (χ0n) is 13.1. The van der Waals surface area contributed by atoms with Crippen LogP contribution in [0.25, 0.3) is 0 Å². The maximum Gasteiger partial charge on any atom is 0.276 e. The molecule has 4 rings (SSSR count). The fourth-order valence-electron chi connectivity index (χ4n) is 3.56. The molecule has 0 fully saturated rings. The number of rotatable bonds is 2. The van der Waals surface area contributed by atoms with Gasteiger partial charge < -0.3 is 4.57 Å². The highest BCUT2D eigenvalue weighted by molar-refractivity contribution is 6.33. The van der Waals surface area contributed by atoms with Crippen LogP contribution in [0.4, 0.5) is 14.6 Å². The molecule has 1 amide bonds. The van der Waals surface area contributed by atoms with E-state index in [1.807, 2.05) is 0 Å². The molecule has 130 valence electrons. The minimum atomic E-state index is -2.73. The Morgan fingerprint density at radius 3 is 2.88 bits per heavy atom. The summed E-state index contributed by atoms with van der Waals surface area (Å²) < 4.78 is 29.2. The van der Waals surface area contributed by atoms with Gasteiger partial charge in [-0.3, -0.25) is 14.5 Å². The van der Waals surface area contributed by atoms with Crippen molar-refractivity contribution in [3.05, 3.63) is 45.9 Å². The van der Waals surface area contributed by atoms with E-state index < -0.39 is 5.92 Å². The van der Waals surface area contributed by atoms with Crippen LogP contribution in [-0.2, 0) is 19.4 Å². The topological polar surface area (TPSA) is 55.2 Å². The smallest absolute Gasteiger partial charge is 0.276 e. The van der Waals surface area contributed by atoms with Crippen molar-refractivity contribution in [2.75, 3.05) is 11.4 Å². The lowest BCUT2D eigenvalue weighted by molar-refractivity contribution is -0.0141. The molecule has 0 aromatic carbocycles. The van der Waals surface area contributed by atoms with Crippen LogP contribution in [0.1, 0.15) is 38.5 Å². The van der Waals surface area contributed by atoms with Gasteiger partial charge in [0, 0.05) is 31.4 Å². The number of halogens is 3. The van der Waals surface area contributed by atoms with E-state index in [4.69, 9.17) is 11.6 Å². The average Bonchev–Trinajstić information content (AvgIpc) is 2.93. The number of aldehydes is 1. The molecule has 0 N–H and O–H groups in total. The molecule has 8 heteroatoms. The van der Waals surface area contributed by atoms with Crippen LogP contribution in [0.2, 0.25) is 5.02 Å². The maximum absolute atomic E-state index is 13.7. The molecule has 2 aromatic rings. The Hall–Kier alpha value is -2.28. The Balaban J connectivity index is 1.75. The predicted octanol–water partition coefficient (Wildman–Crippen LogP) is 3.13. The second kappa shape index (κ2) is 5.62. The molecule has 0 spiro atoms. The maximum atomic E-state index is 13.7. The van der Waals surface area contributed by atoms with Crippen molar-refractivity contribution < 1.29 is 18.4 Å². The molecular weight excluding hydrogens is 352 g/mol. The fraction of sp³-hybridized carbons (Fsp3) is 0.353. The first-order valence-electron chi connectivity index (χ1n) is 7.92. The minimum absolute atomic E-state index is 0.147. The van der Waals surface area contributed by atoms with E-state index in [1.165, 1.54) is 17.2 Å². The zero-order chi connectivity index (χ0) is 17.8. The van der Waals surface area contributed by atoms with Crippen molar-refractivity contribution >= 4 is 29.6 Å². The first-order valence-corrected chi connectivity index (χ1v) is 8.30. The monoisotopic (exact) mass is 365 g/mol. The number of alkyl halides is 2.